The van der Waals surface area contributed by atoms with Crippen LogP contribution in [0, 0.1) is 0 Å². The van der Waals surface area contributed by atoms with Crippen LogP contribution in [-0.2, 0) is 6.42 Å². The fourth-order valence-corrected chi connectivity index (χ4v) is 2.14. The van der Waals surface area contributed by atoms with Crippen LogP contribution in [0.3, 0.4) is 0 Å². The number of halogens is 1. The zero-order valence-electron chi connectivity index (χ0n) is 11.2. The number of hydrogen-bond acceptors (Lipinski definition) is 2. The van der Waals surface area contributed by atoms with Gasteiger partial charge in [0.25, 0.3) is 5.91 Å². The van der Waals surface area contributed by atoms with Crippen molar-refractivity contribution in [2.45, 2.75) is 6.42 Å². The zero-order valence-corrected chi connectivity index (χ0v) is 12.0. The maximum absolute atomic E-state index is 11.9. The van der Waals surface area contributed by atoms with Crippen LogP contribution in [-0.4, -0.2) is 19.6 Å². The Kier molecular flexibility index (Phi) is 5.02. The third-order valence-electron chi connectivity index (χ3n) is 2.96. The zero-order chi connectivity index (χ0) is 14.4. The lowest BCUT2D eigenvalue weighted by molar-refractivity contribution is 0.0954. The number of amides is 1. The second kappa shape index (κ2) is 6.96. The Hall–Kier alpha value is -2.00. The van der Waals surface area contributed by atoms with Crippen molar-refractivity contribution in [2.75, 3.05) is 13.7 Å². The van der Waals surface area contributed by atoms with Gasteiger partial charge in [-0.2, -0.15) is 0 Å². The Morgan fingerprint density at radius 2 is 1.95 bits per heavy atom. The molecule has 3 nitrogen and oxygen atoms in total. The second-order valence-corrected chi connectivity index (χ2v) is 4.76. The Balaban J connectivity index is 1.93. The molecule has 0 unspecified atom stereocenters. The highest BCUT2D eigenvalue weighted by Crippen LogP contribution is 2.22. The van der Waals surface area contributed by atoms with Gasteiger partial charge in [0.2, 0.25) is 0 Å². The Morgan fingerprint density at radius 1 is 1.20 bits per heavy atom. The van der Waals surface area contributed by atoms with Gasteiger partial charge in [-0.25, -0.2) is 0 Å². The second-order valence-electron chi connectivity index (χ2n) is 4.33. The molecule has 1 amide bonds. The predicted molar refractivity (Wildman–Crippen MR) is 80.5 cm³/mol. The van der Waals surface area contributed by atoms with Gasteiger partial charge in [0.1, 0.15) is 5.75 Å². The largest absolute Gasteiger partial charge is 0.496 e. The number of ether oxygens (including phenoxy) is 1. The van der Waals surface area contributed by atoms with Crippen molar-refractivity contribution in [1.82, 2.24) is 5.32 Å². The molecule has 0 aliphatic rings. The fraction of sp³-hybridized carbons (Fsp3) is 0.188. The van der Waals surface area contributed by atoms with E-state index in [1.54, 1.807) is 25.3 Å². The molecule has 4 heteroatoms. The van der Waals surface area contributed by atoms with Gasteiger partial charge in [0, 0.05) is 17.1 Å². The Bertz CT molecular complexity index is 584. The summed E-state index contributed by atoms with van der Waals surface area (Å²) < 4.78 is 5.27. The smallest absolute Gasteiger partial charge is 0.251 e. The number of nitrogens with one attached hydrogen (secondary N) is 1. The van der Waals surface area contributed by atoms with Crippen molar-refractivity contribution in [3.05, 3.63) is 64.7 Å². The highest BCUT2D eigenvalue weighted by atomic mass is 35.5. The van der Waals surface area contributed by atoms with E-state index >= 15 is 0 Å². The van der Waals surface area contributed by atoms with Crippen LogP contribution in [0.5, 0.6) is 5.75 Å². The molecular formula is C16H16ClNO2. The predicted octanol–water partition coefficient (Wildman–Crippen LogP) is 3.32. The first-order valence-electron chi connectivity index (χ1n) is 6.36. The average Bonchev–Trinajstić information content (AvgIpc) is 2.48. The number of hydrogen-bond donors (Lipinski definition) is 1. The van der Waals surface area contributed by atoms with E-state index < -0.39 is 0 Å². The van der Waals surface area contributed by atoms with Gasteiger partial charge in [0.15, 0.2) is 0 Å². The monoisotopic (exact) mass is 289 g/mol. The number of carbonyl (C=O) groups excluding carboxylic acids is 1. The summed E-state index contributed by atoms with van der Waals surface area (Å²) >= 11 is 5.97. The first kappa shape index (κ1) is 14.4. The number of rotatable bonds is 5. The van der Waals surface area contributed by atoms with Crippen LogP contribution in [0.1, 0.15) is 15.9 Å². The van der Waals surface area contributed by atoms with Crippen molar-refractivity contribution in [3.63, 3.8) is 0 Å². The molecule has 2 aromatic rings. The standard InChI is InChI=1S/C16H16ClNO2/c1-20-15-8-7-14(17)11-13(15)9-10-18-16(19)12-5-3-2-4-6-12/h2-8,11H,9-10H2,1H3,(H,18,19). The molecule has 0 aliphatic heterocycles. The lowest BCUT2D eigenvalue weighted by atomic mass is 10.1. The summed E-state index contributed by atoms with van der Waals surface area (Å²) in [6, 6.07) is 14.6. The van der Waals surface area contributed by atoms with Gasteiger partial charge in [-0.3, -0.25) is 4.79 Å². The van der Waals surface area contributed by atoms with Crippen molar-refractivity contribution in [1.29, 1.82) is 0 Å². The molecule has 0 spiro atoms. The van der Waals surface area contributed by atoms with Crippen LogP contribution in [0.25, 0.3) is 0 Å². The summed E-state index contributed by atoms with van der Waals surface area (Å²) in [7, 11) is 1.62. The fourth-order valence-electron chi connectivity index (χ4n) is 1.94. The van der Waals surface area contributed by atoms with Crippen LogP contribution < -0.4 is 10.1 Å². The van der Waals surface area contributed by atoms with E-state index in [1.807, 2.05) is 30.3 Å². The van der Waals surface area contributed by atoms with Gasteiger partial charge in [-0.05, 0) is 42.3 Å². The number of methoxy groups -OCH3 is 1. The molecule has 20 heavy (non-hydrogen) atoms. The summed E-state index contributed by atoms with van der Waals surface area (Å²) in [5, 5.41) is 3.54. The molecular weight excluding hydrogens is 274 g/mol. The highest BCUT2D eigenvalue weighted by molar-refractivity contribution is 6.30. The van der Waals surface area contributed by atoms with Crippen molar-refractivity contribution in [3.8, 4) is 5.75 Å². The van der Waals surface area contributed by atoms with Crippen LogP contribution in [0.2, 0.25) is 5.02 Å². The molecule has 0 aromatic heterocycles. The minimum atomic E-state index is -0.0772. The SMILES string of the molecule is COc1ccc(Cl)cc1CCNC(=O)c1ccccc1. The van der Waals surface area contributed by atoms with E-state index in [0.717, 1.165) is 11.3 Å². The van der Waals surface area contributed by atoms with E-state index in [9.17, 15) is 4.79 Å². The highest BCUT2D eigenvalue weighted by Gasteiger charge is 2.06. The van der Waals surface area contributed by atoms with E-state index in [-0.39, 0.29) is 5.91 Å². The minimum absolute atomic E-state index is 0.0772. The van der Waals surface area contributed by atoms with Crippen molar-refractivity contribution in [2.24, 2.45) is 0 Å². The first-order chi connectivity index (χ1) is 9.70. The average molecular weight is 290 g/mol. The molecule has 0 bridgehead atoms. The summed E-state index contributed by atoms with van der Waals surface area (Å²) in [6.07, 6.45) is 0.669. The number of benzene rings is 2. The molecule has 0 heterocycles. The third-order valence-corrected chi connectivity index (χ3v) is 3.19. The topological polar surface area (TPSA) is 38.3 Å². The van der Waals surface area contributed by atoms with Crippen LogP contribution in [0.15, 0.2) is 48.5 Å². The quantitative estimate of drug-likeness (QED) is 0.917. The third kappa shape index (κ3) is 3.75. The molecule has 0 fully saturated rings. The maximum atomic E-state index is 11.9. The molecule has 2 aromatic carbocycles. The summed E-state index contributed by atoms with van der Waals surface area (Å²) in [4.78, 5) is 11.9. The van der Waals surface area contributed by atoms with E-state index in [0.29, 0.717) is 23.6 Å². The Labute approximate surface area is 123 Å². The molecule has 104 valence electrons. The van der Waals surface area contributed by atoms with E-state index in [1.165, 1.54) is 0 Å². The maximum Gasteiger partial charge on any atom is 0.251 e. The van der Waals surface area contributed by atoms with Crippen molar-refractivity contribution >= 4 is 17.5 Å². The summed E-state index contributed by atoms with van der Waals surface area (Å²) in [5.41, 5.74) is 1.64. The van der Waals surface area contributed by atoms with Crippen molar-refractivity contribution < 1.29 is 9.53 Å². The molecule has 0 atom stereocenters. The molecule has 0 saturated heterocycles. The van der Waals surface area contributed by atoms with Crippen LogP contribution in [0.4, 0.5) is 0 Å². The first-order valence-corrected chi connectivity index (χ1v) is 6.74. The lowest BCUT2D eigenvalue weighted by Crippen LogP contribution is -2.25. The summed E-state index contributed by atoms with van der Waals surface area (Å²) in [5.74, 6) is 0.704. The van der Waals surface area contributed by atoms with E-state index in [2.05, 4.69) is 5.32 Å². The Morgan fingerprint density at radius 3 is 2.65 bits per heavy atom. The lowest BCUT2D eigenvalue weighted by Gasteiger charge is -2.10. The normalized spacial score (nSPS) is 10.1. The van der Waals surface area contributed by atoms with Gasteiger partial charge < -0.3 is 10.1 Å². The molecule has 0 radical (unpaired) electrons. The van der Waals surface area contributed by atoms with Gasteiger partial charge >= 0.3 is 0 Å². The molecule has 0 saturated carbocycles. The van der Waals surface area contributed by atoms with E-state index in [4.69, 9.17) is 16.3 Å². The molecule has 2 rings (SSSR count). The van der Waals surface area contributed by atoms with Gasteiger partial charge in [0.05, 0.1) is 7.11 Å². The molecule has 0 aliphatic carbocycles. The number of carbonyl (C=O) groups is 1. The minimum Gasteiger partial charge on any atom is -0.496 e. The summed E-state index contributed by atoms with van der Waals surface area (Å²) in [6.45, 7) is 0.532. The molecule has 1 N–H and O–H groups in total. The van der Waals surface area contributed by atoms with Crippen LogP contribution >= 0.6 is 11.6 Å². The van der Waals surface area contributed by atoms with Gasteiger partial charge in [-0.15, -0.1) is 0 Å². The van der Waals surface area contributed by atoms with Gasteiger partial charge in [-0.1, -0.05) is 29.8 Å².